The summed E-state index contributed by atoms with van der Waals surface area (Å²) in [6, 6.07) is 0. The summed E-state index contributed by atoms with van der Waals surface area (Å²) >= 11 is 1.44. The van der Waals surface area contributed by atoms with Gasteiger partial charge in [-0.3, -0.25) is 10.1 Å². The minimum absolute atomic E-state index is 0.575. The highest BCUT2D eigenvalue weighted by atomic mass is 32.2. The van der Waals surface area contributed by atoms with Crippen LogP contribution in [0.4, 0.5) is 5.95 Å². The lowest BCUT2D eigenvalue weighted by atomic mass is 10.4. The fourth-order valence-electron chi connectivity index (χ4n) is 1.56. The van der Waals surface area contributed by atoms with Crippen molar-refractivity contribution in [1.82, 2.24) is 30.1 Å². The molecule has 0 radical (unpaired) electrons. The average Bonchev–Trinajstić information content (AvgIpc) is 2.89. The Bertz CT molecular complexity index is 682. The van der Waals surface area contributed by atoms with Crippen LogP contribution in [-0.4, -0.2) is 36.7 Å². The first-order valence-electron chi connectivity index (χ1n) is 5.75. The Balaban J connectivity index is 2.03. The first-order chi connectivity index (χ1) is 9.36. The van der Waals surface area contributed by atoms with E-state index in [-0.39, 0.29) is 0 Å². The Morgan fingerprint density at radius 1 is 1.26 bits per heavy atom. The molecule has 0 aliphatic heterocycles. The summed E-state index contributed by atoms with van der Waals surface area (Å²) in [6.45, 7) is 2.75. The number of H-pyrrole nitrogens is 1. The second kappa shape index (κ2) is 5.19. The molecule has 2 N–H and O–H groups in total. The van der Waals surface area contributed by atoms with Crippen LogP contribution in [0.2, 0.25) is 0 Å². The van der Waals surface area contributed by atoms with E-state index in [1.165, 1.54) is 11.8 Å². The molecule has 0 saturated carbocycles. The van der Waals surface area contributed by atoms with Crippen LogP contribution in [-0.2, 0) is 0 Å². The summed E-state index contributed by atoms with van der Waals surface area (Å²) in [6.07, 6.45) is 6.71. The van der Waals surface area contributed by atoms with E-state index in [4.69, 9.17) is 0 Å². The van der Waals surface area contributed by atoms with Gasteiger partial charge in [0.2, 0.25) is 5.95 Å². The van der Waals surface area contributed by atoms with Crippen molar-refractivity contribution in [2.75, 3.05) is 11.9 Å². The number of hydrogen-bond donors (Lipinski definition) is 2. The third-order valence-corrected chi connectivity index (χ3v) is 3.27. The van der Waals surface area contributed by atoms with E-state index in [1.807, 2.05) is 6.92 Å². The number of nitrogens with zero attached hydrogens (tertiary/aromatic N) is 5. The van der Waals surface area contributed by atoms with Crippen molar-refractivity contribution in [3.8, 4) is 0 Å². The number of rotatable bonds is 4. The van der Waals surface area contributed by atoms with Gasteiger partial charge >= 0.3 is 0 Å². The molecule has 3 rings (SSSR count). The highest BCUT2D eigenvalue weighted by Gasteiger charge is 2.11. The Kier molecular flexibility index (Phi) is 3.23. The smallest absolute Gasteiger partial charge is 0.225 e. The predicted molar refractivity (Wildman–Crippen MR) is 72.0 cm³/mol. The van der Waals surface area contributed by atoms with Gasteiger partial charge in [-0.2, -0.15) is 10.1 Å². The van der Waals surface area contributed by atoms with Crippen molar-refractivity contribution in [2.24, 2.45) is 0 Å². The van der Waals surface area contributed by atoms with Gasteiger partial charge in [0, 0.05) is 18.9 Å². The van der Waals surface area contributed by atoms with Crippen LogP contribution >= 0.6 is 11.8 Å². The number of aromatic nitrogens is 6. The molecule has 0 spiro atoms. The zero-order chi connectivity index (χ0) is 13.1. The second-order valence-corrected chi connectivity index (χ2v) is 4.67. The van der Waals surface area contributed by atoms with E-state index < -0.39 is 0 Å². The first-order valence-corrected chi connectivity index (χ1v) is 6.57. The Morgan fingerprint density at radius 2 is 2.21 bits per heavy atom. The highest BCUT2D eigenvalue weighted by Crippen LogP contribution is 2.29. The van der Waals surface area contributed by atoms with Gasteiger partial charge in [0.15, 0.2) is 5.65 Å². The van der Waals surface area contributed by atoms with Crippen LogP contribution in [0.25, 0.3) is 11.0 Å². The normalized spacial score (nSPS) is 10.8. The van der Waals surface area contributed by atoms with Crippen molar-refractivity contribution in [2.45, 2.75) is 17.0 Å². The summed E-state index contributed by atoms with van der Waals surface area (Å²) < 4.78 is 0. The molecule has 0 bridgehead atoms. The number of anilines is 1. The van der Waals surface area contributed by atoms with Gasteiger partial charge in [-0.05, 0) is 18.7 Å². The number of aromatic amines is 1. The SMILES string of the molecule is CCNc1nc(Sc2cnccn2)c2cn[nH]c2n1. The average molecular weight is 273 g/mol. The molecule has 0 aliphatic rings. The van der Waals surface area contributed by atoms with Crippen molar-refractivity contribution in [1.29, 1.82) is 0 Å². The van der Waals surface area contributed by atoms with E-state index >= 15 is 0 Å². The molecular formula is C11H11N7S. The molecule has 3 heterocycles. The zero-order valence-electron chi connectivity index (χ0n) is 10.2. The Morgan fingerprint density at radius 3 is 3.00 bits per heavy atom. The van der Waals surface area contributed by atoms with Gasteiger partial charge in [0.05, 0.1) is 17.8 Å². The lowest BCUT2D eigenvalue weighted by Gasteiger charge is -2.05. The maximum atomic E-state index is 4.47. The molecule has 7 nitrogen and oxygen atoms in total. The van der Waals surface area contributed by atoms with Crippen LogP contribution < -0.4 is 5.32 Å². The van der Waals surface area contributed by atoms with E-state index in [0.29, 0.717) is 11.6 Å². The van der Waals surface area contributed by atoms with Crippen LogP contribution in [0.3, 0.4) is 0 Å². The quantitative estimate of drug-likeness (QED) is 0.699. The molecular weight excluding hydrogens is 262 g/mol. The number of fused-ring (bicyclic) bond motifs is 1. The molecule has 0 unspecified atom stereocenters. The molecule has 8 heteroatoms. The molecule has 0 aliphatic carbocycles. The van der Waals surface area contributed by atoms with Gasteiger partial charge in [-0.1, -0.05) is 0 Å². The van der Waals surface area contributed by atoms with Crippen molar-refractivity contribution >= 4 is 28.7 Å². The maximum Gasteiger partial charge on any atom is 0.225 e. The number of nitrogens with one attached hydrogen (secondary N) is 2. The van der Waals surface area contributed by atoms with Gasteiger partial charge in [0.1, 0.15) is 10.1 Å². The molecule has 3 aromatic rings. The summed E-state index contributed by atoms with van der Waals surface area (Å²) in [5.41, 5.74) is 0.706. The third-order valence-electron chi connectivity index (χ3n) is 2.35. The highest BCUT2D eigenvalue weighted by molar-refractivity contribution is 7.99. The van der Waals surface area contributed by atoms with Crippen LogP contribution in [0.5, 0.6) is 0 Å². The van der Waals surface area contributed by atoms with Crippen molar-refractivity contribution < 1.29 is 0 Å². The third kappa shape index (κ3) is 2.48. The molecule has 96 valence electrons. The summed E-state index contributed by atoms with van der Waals surface area (Å²) in [7, 11) is 0. The van der Waals surface area contributed by atoms with E-state index in [1.54, 1.807) is 24.8 Å². The van der Waals surface area contributed by atoms with Gasteiger partial charge < -0.3 is 5.32 Å². The van der Waals surface area contributed by atoms with E-state index in [9.17, 15) is 0 Å². The van der Waals surface area contributed by atoms with E-state index in [0.717, 1.165) is 22.0 Å². The molecule has 0 amide bonds. The fourth-order valence-corrected chi connectivity index (χ4v) is 2.38. The fraction of sp³-hybridized carbons (Fsp3) is 0.182. The van der Waals surface area contributed by atoms with Crippen molar-refractivity contribution in [3.63, 3.8) is 0 Å². The summed E-state index contributed by atoms with van der Waals surface area (Å²) in [5.74, 6) is 0.575. The summed E-state index contributed by atoms with van der Waals surface area (Å²) in [4.78, 5) is 17.1. The standard InChI is InChI=1S/C11H11N7S/c1-2-13-11-16-9-7(5-15-18-9)10(17-11)19-8-6-12-3-4-14-8/h3-6H,2H2,1H3,(H2,13,15,16,17,18). The minimum Gasteiger partial charge on any atom is -0.354 e. The van der Waals surface area contributed by atoms with Gasteiger partial charge in [-0.15, -0.1) is 0 Å². The molecule has 19 heavy (non-hydrogen) atoms. The molecule has 0 atom stereocenters. The Labute approximate surface area is 113 Å². The maximum absolute atomic E-state index is 4.47. The number of hydrogen-bond acceptors (Lipinski definition) is 7. The lowest BCUT2D eigenvalue weighted by Crippen LogP contribution is -2.03. The topological polar surface area (TPSA) is 92.3 Å². The van der Waals surface area contributed by atoms with Crippen LogP contribution in [0.1, 0.15) is 6.92 Å². The van der Waals surface area contributed by atoms with E-state index in [2.05, 4.69) is 35.5 Å². The van der Waals surface area contributed by atoms with Crippen LogP contribution in [0, 0.1) is 0 Å². The first kappa shape index (κ1) is 11.8. The summed E-state index contributed by atoms with van der Waals surface area (Å²) in [5, 5.41) is 12.4. The zero-order valence-corrected chi connectivity index (χ0v) is 11.0. The lowest BCUT2D eigenvalue weighted by molar-refractivity contribution is 1.02. The van der Waals surface area contributed by atoms with Gasteiger partial charge in [-0.25, -0.2) is 9.97 Å². The molecule has 0 fully saturated rings. The molecule has 0 aromatic carbocycles. The minimum atomic E-state index is 0.575. The molecule has 3 aromatic heterocycles. The largest absolute Gasteiger partial charge is 0.354 e. The Hall–Kier alpha value is -2.22. The van der Waals surface area contributed by atoms with Crippen molar-refractivity contribution in [3.05, 3.63) is 24.8 Å². The second-order valence-electron chi connectivity index (χ2n) is 3.66. The molecule has 0 saturated heterocycles. The van der Waals surface area contributed by atoms with Crippen LogP contribution in [0.15, 0.2) is 34.8 Å². The predicted octanol–water partition coefficient (Wildman–Crippen LogP) is 1.73. The monoisotopic (exact) mass is 273 g/mol. The van der Waals surface area contributed by atoms with Gasteiger partial charge in [0.25, 0.3) is 0 Å².